The maximum Gasteiger partial charge on any atom is 0.299 e. The normalized spacial score (nSPS) is 11.0. The number of thiazole rings is 1. The molecule has 0 atom stereocenters. The van der Waals surface area contributed by atoms with Crippen molar-refractivity contribution in [3.63, 3.8) is 0 Å². The van der Waals surface area contributed by atoms with E-state index in [1.807, 2.05) is 48.0 Å². The maximum atomic E-state index is 5.89. The fourth-order valence-electron chi connectivity index (χ4n) is 2.14. The van der Waals surface area contributed by atoms with Crippen molar-refractivity contribution in [3.8, 4) is 11.3 Å². The summed E-state index contributed by atoms with van der Waals surface area (Å²) >= 11 is 7.50. The third-order valence-corrected chi connectivity index (χ3v) is 4.28. The number of nitrogens with one attached hydrogen (secondary N) is 1. The molecule has 0 aliphatic rings. The number of aromatic nitrogens is 2. The lowest BCUT2D eigenvalue weighted by Crippen LogP contribution is -1.89. The van der Waals surface area contributed by atoms with Gasteiger partial charge < -0.3 is 9.73 Å². The smallest absolute Gasteiger partial charge is 0.299 e. The molecule has 4 rings (SSSR count). The molecule has 0 aliphatic heterocycles. The van der Waals surface area contributed by atoms with Crippen LogP contribution in [0.3, 0.4) is 0 Å². The number of rotatable bonds is 3. The first-order chi connectivity index (χ1) is 10.8. The molecule has 4 aromatic rings. The van der Waals surface area contributed by atoms with Crippen LogP contribution >= 0.6 is 22.9 Å². The van der Waals surface area contributed by atoms with Crippen LogP contribution in [0.25, 0.3) is 21.5 Å². The molecule has 2 aromatic heterocycles. The van der Waals surface area contributed by atoms with E-state index in [2.05, 4.69) is 15.3 Å². The third kappa shape index (κ3) is 2.56. The molecular formula is C16H10ClN3OS. The minimum absolute atomic E-state index is 0.444. The van der Waals surface area contributed by atoms with Crippen molar-refractivity contribution in [2.45, 2.75) is 0 Å². The van der Waals surface area contributed by atoms with E-state index in [0.29, 0.717) is 16.8 Å². The monoisotopic (exact) mass is 327 g/mol. The second kappa shape index (κ2) is 5.44. The van der Waals surface area contributed by atoms with Crippen molar-refractivity contribution in [1.82, 2.24) is 9.97 Å². The lowest BCUT2D eigenvalue weighted by Gasteiger charge is -2.01. The van der Waals surface area contributed by atoms with Crippen molar-refractivity contribution in [2.75, 3.05) is 5.32 Å². The molecule has 2 aromatic carbocycles. The quantitative estimate of drug-likeness (QED) is 0.551. The standard InChI is InChI=1S/C16H10ClN3OS/c17-11-3-1-10(2-4-11)14-8-18-16(21-14)20-12-5-6-15-13(7-12)19-9-22-15/h1-9H,(H,18,20). The van der Waals surface area contributed by atoms with Gasteiger partial charge in [-0.1, -0.05) is 11.6 Å². The fraction of sp³-hybridized carbons (Fsp3) is 0. The molecule has 0 spiro atoms. The zero-order chi connectivity index (χ0) is 14.9. The molecule has 0 amide bonds. The number of halogens is 1. The molecule has 2 heterocycles. The summed E-state index contributed by atoms with van der Waals surface area (Å²) in [4.78, 5) is 8.55. The average Bonchev–Trinajstić information content (AvgIpc) is 3.17. The molecule has 0 radical (unpaired) electrons. The van der Waals surface area contributed by atoms with Gasteiger partial charge in [0.1, 0.15) is 0 Å². The third-order valence-electron chi connectivity index (χ3n) is 3.22. The Balaban J connectivity index is 1.59. The van der Waals surface area contributed by atoms with E-state index < -0.39 is 0 Å². The van der Waals surface area contributed by atoms with E-state index >= 15 is 0 Å². The highest BCUT2D eigenvalue weighted by molar-refractivity contribution is 7.16. The largest absolute Gasteiger partial charge is 0.423 e. The molecule has 1 N–H and O–H groups in total. The SMILES string of the molecule is Clc1ccc(-c2cnc(Nc3ccc4scnc4c3)o2)cc1. The van der Waals surface area contributed by atoms with E-state index in [1.165, 1.54) is 0 Å². The van der Waals surface area contributed by atoms with Gasteiger partial charge in [-0.3, -0.25) is 0 Å². The Hall–Kier alpha value is -2.37. The van der Waals surface area contributed by atoms with Crippen LogP contribution in [0.4, 0.5) is 11.7 Å². The summed E-state index contributed by atoms with van der Waals surface area (Å²) in [6, 6.07) is 13.9. The molecule has 0 saturated carbocycles. The van der Waals surface area contributed by atoms with Gasteiger partial charge in [-0.05, 0) is 42.5 Å². The summed E-state index contributed by atoms with van der Waals surface area (Å²) in [5, 5.41) is 3.84. The highest BCUT2D eigenvalue weighted by Crippen LogP contribution is 2.27. The van der Waals surface area contributed by atoms with Crippen LogP contribution in [0, 0.1) is 0 Å². The number of fused-ring (bicyclic) bond motifs is 1. The van der Waals surface area contributed by atoms with Gasteiger partial charge in [0.15, 0.2) is 5.76 Å². The van der Waals surface area contributed by atoms with E-state index in [0.717, 1.165) is 21.5 Å². The van der Waals surface area contributed by atoms with Gasteiger partial charge in [-0.15, -0.1) is 11.3 Å². The van der Waals surface area contributed by atoms with Crippen molar-refractivity contribution in [1.29, 1.82) is 0 Å². The zero-order valence-electron chi connectivity index (χ0n) is 11.3. The van der Waals surface area contributed by atoms with Gasteiger partial charge in [0.2, 0.25) is 0 Å². The van der Waals surface area contributed by atoms with Crippen molar-refractivity contribution >= 4 is 44.9 Å². The lowest BCUT2D eigenvalue weighted by molar-refractivity contribution is 0.592. The summed E-state index contributed by atoms with van der Waals surface area (Å²) < 4.78 is 6.88. The molecule has 0 saturated heterocycles. The van der Waals surface area contributed by atoms with E-state index in [9.17, 15) is 0 Å². The number of hydrogen-bond acceptors (Lipinski definition) is 5. The molecule has 6 heteroatoms. The first kappa shape index (κ1) is 13.3. The number of benzene rings is 2. The average molecular weight is 328 g/mol. The number of oxazole rings is 1. The van der Waals surface area contributed by atoms with E-state index in [-0.39, 0.29) is 0 Å². The topological polar surface area (TPSA) is 51.0 Å². The highest BCUT2D eigenvalue weighted by atomic mass is 35.5. The Labute approximate surface area is 135 Å². The second-order valence-electron chi connectivity index (χ2n) is 4.70. The number of hydrogen-bond donors (Lipinski definition) is 1. The maximum absolute atomic E-state index is 5.89. The van der Waals surface area contributed by atoms with Gasteiger partial charge in [-0.25, -0.2) is 9.97 Å². The van der Waals surface area contributed by atoms with Crippen LogP contribution < -0.4 is 5.32 Å². The lowest BCUT2D eigenvalue weighted by atomic mass is 10.2. The molecule has 22 heavy (non-hydrogen) atoms. The predicted molar refractivity (Wildman–Crippen MR) is 89.9 cm³/mol. The van der Waals surface area contributed by atoms with Gasteiger partial charge in [0.05, 0.1) is 21.9 Å². The van der Waals surface area contributed by atoms with E-state index in [1.54, 1.807) is 17.5 Å². The van der Waals surface area contributed by atoms with Crippen LogP contribution in [0.15, 0.2) is 58.6 Å². The van der Waals surface area contributed by atoms with Gasteiger partial charge in [-0.2, -0.15) is 0 Å². The summed E-state index contributed by atoms with van der Waals surface area (Å²) in [7, 11) is 0. The second-order valence-corrected chi connectivity index (χ2v) is 6.02. The summed E-state index contributed by atoms with van der Waals surface area (Å²) in [5.74, 6) is 0.689. The Bertz CT molecular complexity index is 930. The van der Waals surface area contributed by atoms with Crippen LogP contribution in [-0.2, 0) is 0 Å². The van der Waals surface area contributed by atoms with Crippen molar-refractivity contribution in [2.24, 2.45) is 0 Å². The fourth-order valence-corrected chi connectivity index (χ4v) is 2.92. The van der Waals surface area contributed by atoms with Crippen molar-refractivity contribution in [3.05, 3.63) is 59.2 Å². The molecule has 0 fully saturated rings. The highest BCUT2D eigenvalue weighted by Gasteiger charge is 2.07. The zero-order valence-corrected chi connectivity index (χ0v) is 12.9. The molecule has 0 bridgehead atoms. The van der Waals surface area contributed by atoms with Gasteiger partial charge >= 0.3 is 0 Å². The Kier molecular flexibility index (Phi) is 3.29. The van der Waals surface area contributed by atoms with Crippen LogP contribution in [0.5, 0.6) is 0 Å². The number of nitrogens with zero attached hydrogens (tertiary/aromatic N) is 2. The molecule has 0 unspecified atom stereocenters. The minimum Gasteiger partial charge on any atom is -0.423 e. The molecular weight excluding hydrogens is 318 g/mol. The van der Waals surface area contributed by atoms with E-state index in [4.69, 9.17) is 16.0 Å². The first-order valence-electron chi connectivity index (χ1n) is 6.60. The minimum atomic E-state index is 0.444. The number of anilines is 2. The molecule has 4 nitrogen and oxygen atoms in total. The van der Waals surface area contributed by atoms with Crippen LogP contribution in [0.2, 0.25) is 5.02 Å². The Morgan fingerprint density at radius 2 is 1.91 bits per heavy atom. The Morgan fingerprint density at radius 1 is 1.05 bits per heavy atom. The summed E-state index contributed by atoms with van der Waals surface area (Å²) in [6.07, 6.45) is 1.69. The summed E-state index contributed by atoms with van der Waals surface area (Å²) in [6.45, 7) is 0. The van der Waals surface area contributed by atoms with Crippen molar-refractivity contribution < 1.29 is 4.42 Å². The molecule has 108 valence electrons. The Morgan fingerprint density at radius 3 is 2.77 bits per heavy atom. The predicted octanol–water partition coefficient (Wildman–Crippen LogP) is 5.35. The van der Waals surface area contributed by atoms with Gasteiger partial charge in [0, 0.05) is 16.3 Å². The van der Waals surface area contributed by atoms with Gasteiger partial charge in [0.25, 0.3) is 6.01 Å². The first-order valence-corrected chi connectivity index (χ1v) is 7.86. The summed E-state index contributed by atoms with van der Waals surface area (Å²) in [5.41, 5.74) is 4.61. The van der Waals surface area contributed by atoms with Crippen LogP contribution in [0.1, 0.15) is 0 Å². The molecule has 0 aliphatic carbocycles. The van der Waals surface area contributed by atoms with Crippen LogP contribution in [-0.4, -0.2) is 9.97 Å².